The van der Waals surface area contributed by atoms with Gasteiger partial charge >= 0.3 is 0 Å². The Hall–Kier alpha value is -2.20. The number of halogens is 1. The number of anilines is 1. The Balaban J connectivity index is 1.51. The van der Waals surface area contributed by atoms with Crippen molar-refractivity contribution in [1.82, 2.24) is 4.90 Å². The van der Waals surface area contributed by atoms with Crippen molar-refractivity contribution < 1.29 is 9.53 Å². The number of carbonyl (C=O) groups excluding carboxylic acids is 1. The van der Waals surface area contributed by atoms with E-state index in [9.17, 15) is 4.79 Å². The van der Waals surface area contributed by atoms with Gasteiger partial charge in [0.15, 0.2) is 6.61 Å². The van der Waals surface area contributed by atoms with Gasteiger partial charge in [-0.05, 0) is 55.3 Å². The number of hydrogen-bond donors (Lipinski definition) is 0. The normalized spacial score (nSPS) is 14.5. The Morgan fingerprint density at radius 3 is 2.36 bits per heavy atom. The molecule has 0 radical (unpaired) electrons. The average Bonchev–Trinajstić information content (AvgIpc) is 2.59. The molecule has 1 saturated heterocycles. The van der Waals surface area contributed by atoms with Crippen LogP contribution in [-0.2, 0) is 4.79 Å². The number of nitrogens with zero attached hydrogens (tertiary/aromatic N) is 2. The number of amides is 1. The summed E-state index contributed by atoms with van der Waals surface area (Å²) in [7, 11) is 0. The molecule has 1 amide bonds. The maximum atomic E-state index is 12.4. The molecule has 0 unspecified atom stereocenters. The third-order valence-corrected chi connectivity index (χ3v) is 4.60. The summed E-state index contributed by atoms with van der Waals surface area (Å²) in [5.41, 5.74) is 3.38. The van der Waals surface area contributed by atoms with Gasteiger partial charge in [0.1, 0.15) is 5.75 Å². The van der Waals surface area contributed by atoms with Crippen LogP contribution in [0, 0.1) is 13.8 Å². The summed E-state index contributed by atoms with van der Waals surface area (Å²) in [5.74, 6) is 0.785. The van der Waals surface area contributed by atoms with E-state index >= 15 is 0 Å². The fourth-order valence-corrected chi connectivity index (χ4v) is 3.32. The van der Waals surface area contributed by atoms with E-state index in [0.717, 1.165) is 40.7 Å². The molecule has 4 nitrogen and oxygen atoms in total. The molecule has 0 aromatic heterocycles. The van der Waals surface area contributed by atoms with Gasteiger partial charge < -0.3 is 14.5 Å². The lowest BCUT2D eigenvalue weighted by Crippen LogP contribution is -2.50. The van der Waals surface area contributed by atoms with Crippen molar-refractivity contribution >= 4 is 23.2 Å². The minimum Gasteiger partial charge on any atom is -0.484 e. The van der Waals surface area contributed by atoms with Crippen LogP contribution in [0.5, 0.6) is 5.75 Å². The smallest absolute Gasteiger partial charge is 0.260 e. The van der Waals surface area contributed by atoms with Gasteiger partial charge in [-0.15, -0.1) is 0 Å². The van der Waals surface area contributed by atoms with Crippen molar-refractivity contribution in [2.45, 2.75) is 13.8 Å². The van der Waals surface area contributed by atoms with Gasteiger partial charge in [0.2, 0.25) is 0 Å². The van der Waals surface area contributed by atoms with Crippen LogP contribution in [0.15, 0.2) is 42.5 Å². The highest BCUT2D eigenvalue weighted by atomic mass is 35.5. The highest BCUT2D eigenvalue weighted by molar-refractivity contribution is 6.30. The Labute approximate surface area is 154 Å². The first-order valence-corrected chi connectivity index (χ1v) is 8.88. The molecule has 2 aromatic carbocycles. The summed E-state index contributed by atoms with van der Waals surface area (Å²) >= 11 is 6.06. The van der Waals surface area contributed by atoms with Crippen molar-refractivity contribution in [3.05, 3.63) is 58.6 Å². The van der Waals surface area contributed by atoms with Crippen LogP contribution in [0.2, 0.25) is 5.02 Å². The first kappa shape index (κ1) is 17.6. The monoisotopic (exact) mass is 358 g/mol. The van der Waals surface area contributed by atoms with Gasteiger partial charge in [0, 0.05) is 36.9 Å². The molecular weight excluding hydrogens is 336 g/mol. The zero-order valence-corrected chi connectivity index (χ0v) is 15.4. The molecule has 0 N–H and O–H groups in total. The standard InChI is InChI=1S/C20H23ClN2O2/c1-15-10-16(2)12-19(11-15)25-14-20(24)23-8-6-22(7-9-23)18-5-3-4-17(21)13-18/h3-5,10-13H,6-9,14H2,1-2H3. The van der Waals surface area contributed by atoms with Crippen molar-refractivity contribution in [2.75, 3.05) is 37.7 Å². The molecule has 132 valence electrons. The number of aryl methyl sites for hydroxylation is 2. The third kappa shape index (κ3) is 4.67. The SMILES string of the molecule is Cc1cc(C)cc(OCC(=O)N2CCN(c3cccc(Cl)c3)CC2)c1. The second-order valence-corrected chi connectivity index (χ2v) is 6.90. The summed E-state index contributed by atoms with van der Waals surface area (Å²) in [6.07, 6.45) is 0. The molecule has 5 heteroatoms. The maximum absolute atomic E-state index is 12.4. The minimum atomic E-state index is 0.0323. The van der Waals surface area contributed by atoms with E-state index in [1.54, 1.807) is 0 Å². The highest BCUT2D eigenvalue weighted by Gasteiger charge is 2.21. The van der Waals surface area contributed by atoms with Crippen LogP contribution in [0.25, 0.3) is 0 Å². The highest BCUT2D eigenvalue weighted by Crippen LogP contribution is 2.21. The van der Waals surface area contributed by atoms with Gasteiger partial charge in [0.05, 0.1) is 0 Å². The maximum Gasteiger partial charge on any atom is 0.260 e. The molecule has 1 aliphatic rings. The Morgan fingerprint density at radius 1 is 1.04 bits per heavy atom. The molecule has 25 heavy (non-hydrogen) atoms. The van der Waals surface area contributed by atoms with E-state index in [2.05, 4.69) is 11.0 Å². The zero-order chi connectivity index (χ0) is 17.8. The zero-order valence-electron chi connectivity index (χ0n) is 14.7. The topological polar surface area (TPSA) is 32.8 Å². The van der Waals surface area contributed by atoms with Gasteiger partial charge in [0.25, 0.3) is 5.91 Å². The minimum absolute atomic E-state index is 0.0323. The number of ether oxygens (including phenoxy) is 1. The van der Waals surface area contributed by atoms with E-state index in [-0.39, 0.29) is 12.5 Å². The molecule has 0 bridgehead atoms. The van der Waals surface area contributed by atoms with E-state index in [0.29, 0.717) is 13.1 Å². The molecule has 1 heterocycles. The summed E-state index contributed by atoms with van der Waals surface area (Å²) in [6, 6.07) is 13.8. The lowest BCUT2D eigenvalue weighted by Gasteiger charge is -2.36. The fraction of sp³-hybridized carbons (Fsp3) is 0.350. The van der Waals surface area contributed by atoms with Crippen molar-refractivity contribution in [3.63, 3.8) is 0 Å². The van der Waals surface area contributed by atoms with Crippen LogP contribution >= 0.6 is 11.6 Å². The summed E-state index contributed by atoms with van der Waals surface area (Å²) in [4.78, 5) is 16.5. The largest absolute Gasteiger partial charge is 0.484 e. The second-order valence-electron chi connectivity index (χ2n) is 6.46. The van der Waals surface area contributed by atoms with Crippen molar-refractivity contribution in [2.24, 2.45) is 0 Å². The van der Waals surface area contributed by atoms with Gasteiger partial charge in [-0.3, -0.25) is 4.79 Å². The predicted molar refractivity (Wildman–Crippen MR) is 102 cm³/mol. The quantitative estimate of drug-likeness (QED) is 0.835. The Kier molecular flexibility index (Phi) is 5.49. The van der Waals surface area contributed by atoms with Gasteiger partial charge in [-0.25, -0.2) is 0 Å². The number of carbonyl (C=O) groups is 1. The lowest BCUT2D eigenvalue weighted by molar-refractivity contribution is -0.133. The molecular formula is C20H23ClN2O2. The van der Waals surface area contributed by atoms with E-state index < -0.39 is 0 Å². The van der Waals surface area contributed by atoms with Gasteiger partial charge in [-0.2, -0.15) is 0 Å². The number of benzene rings is 2. The van der Waals surface area contributed by atoms with Crippen molar-refractivity contribution in [3.8, 4) is 5.75 Å². The van der Waals surface area contributed by atoms with E-state index in [1.807, 2.05) is 55.1 Å². The molecule has 2 aromatic rings. The first-order chi connectivity index (χ1) is 12.0. The summed E-state index contributed by atoms with van der Waals surface area (Å²) in [6.45, 7) is 7.13. The first-order valence-electron chi connectivity index (χ1n) is 8.51. The summed E-state index contributed by atoms with van der Waals surface area (Å²) in [5, 5.41) is 0.734. The Morgan fingerprint density at radius 2 is 1.72 bits per heavy atom. The van der Waals surface area contributed by atoms with Gasteiger partial charge in [-0.1, -0.05) is 23.7 Å². The molecule has 0 atom stereocenters. The number of hydrogen-bond acceptors (Lipinski definition) is 3. The lowest BCUT2D eigenvalue weighted by atomic mass is 10.1. The molecule has 0 saturated carbocycles. The third-order valence-electron chi connectivity index (χ3n) is 4.36. The molecule has 0 aliphatic carbocycles. The number of rotatable bonds is 4. The predicted octanol–water partition coefficient (Wildman–Crippen LogP) is 3.68. The summed E-state index contributed by atoms with van der Waals surface area (Å²) < 4.78 is 5.69. The number of piperazine rings is 1. The van der Waals surface area contributed by atoms with Crippen molar-refractivity contribution in [1.29, 1.82) is 0 Å². The van der Waals surface area contributed by atoms with E-state index in [1.165, 1.54) is 0 Å². The van der Waals surface area contributed by atoms with Crippen LogP contribution in [0.4, 0.5) is 5.69 Å². The van der Waals surface area contributed by atoms with Crippen LogP contribution < -0.4 is 9.64 Å². The van der Waals surface area contributed by atoms with Crippen LogP contribution in [0.3, 0.4) is 0 Å². The van der Waals surface area contributed by atoms with Crippen LogP contribution in [0.1, 0.15) is 11.1 Å². The average molecular weight is 359 g/mol. The molecule has 1 aliphatic heterocycles. The molecule has 0 spiro atoms. The molecule has 1 fully saturated rings. The second kappa shape index (κ2) is 7.79. The molecule has 3 rings (SSSR count). The van der Waals surface area contributed by atoms with E-state index in [4.69, 9.17) is 16.3 Å². The fourth-order valence-electron chi connectivity index (χ4n) is 3.14. The Bertz CT molecular complexity index is 735. The van der Waals surface area contributed by atoms with Crippen LogP contribution in [-0.4, -0.2) is 43.6 Å².